The molecule has 2 aromatic carbocycles. The van der Waals surface area contributed by atoms with Gasteiger partial charge in [0.1, 0.15) is 18.9 Å². The second-order valence-corrected chi connectivity index (χ2v) is 15.2. The Bertz CT molecular complexity index is 1880. The van der Waals surface area contributed by atoms with Gasteiger partial charge in [-0.05, 0) is 60.9 Å². The van der Waals surface area contributed by atoms with E-state index in [1.54, 1.807) is 36.0 Å². The van der Waals surface area contributed by atoms with Crippen molar-refractivity contribution in [1.29, 1.82) is 0 Å². The zero-order valence-corrected chi connectivity index (χ0v) is 29.7. The first-order valence-corrected chi connectivity index (χ1v) is 18.3. The molecule has 6 rings (SSSR count). The number of nitrogens with zero attached hydrogens (tertiary/aromatic N) is 5. The van der Waals surface area contributed by atoms with Gasteiger partial charge < -0.3 is 24.4 Å². The summed E-state index contributed by atoms with van der Waals surface area (Å²) in [4.78, 5) is 70.4. The van der Waals surface area contributed by atoms with Crippen LogP contribution in [0.4, 0.5) is 16.2 Å². The Kier molecular flexibility index (Phi) is 11.1. The molecule has 2 amide bonds. The molecule has 4 heterocycles. The van der Waals surface area contributed by atoms with E-state index in [2.05, 4.69) is 4.98 Å². The average Bonchev–Trinajstić information content (AvgIpc) is 3.65. The molecule has 272 valence electrons. The standard InChI is InChI=1S/C35H35N5O10S2/c1-20-30-29(21(2)41)33(42)38(30)31(34(43)49-17-22-3-7-24(8-4-22)39(45)46)32(20)52-28-15-26(19-51-27-11-13-36-14-12-27)37(16-28)35(44)50-18-23-5-9-25(10-6-23)40(47)48/h3-14,20-21,26,28-30,41H,15-19H2,1-2H3/t20-,21-,26+,28+,29-,30-/m1/s1. The smallest absolute Gasteiger partial charge is 0.410 e. The number of likely N-dealkylation sites (tertiary alicyclic amines) is 1. The van der Waals surface area contributed by atoms with Crippen molar-refractivity contribution in [3.63, 3.8) is 0 Å². The molecule has 0 bridgehead atoms. The molecule has 3 aromatic rings. The molecule has 2 saturated heterocycles. The molecular weight excluding hydrogens is 715 g/mol. The van der Waals surface area contributed by atoms with Crippen molar-refractivity contribution in [2.75, 3.05) is 12.3 Å². The molecule has 3 aliphatic heterocycles. The van der Waals surface area contributed by atoms with Crippen LogP contribution in [-0.4, -0.2) is 83.4 Å². The van der Waals surface area contributed by atoms with Crippen molar-refractivity contribution in [2.45, 2.75) is 61.8 Å². The summed E-state index contributed by atoms with van der Waals surface area (Å²) < 4.78 is 11.3. The van der Waals surface area contributed by atoms with E-state index in [0.717, 1.165) is 4.90 Å². The van der Waals surface area contributed by atoms with Gasteiger partial charge in [-0.15, -0.1) is 23.5 Å². The minimum absolute atomic E-state index is 0.0704. The highest BCUT2D eigenvalue weighted by atomic mass is 32.2. The number of carbonyl (C=O) groups excluding carboxylic acids is 3. The number of amides is 2. The number of fused-ring (bicyclic) bond motifs is 1. The number of esters is 1. The Labute approximate surface area is 306 Å². The maximum Gasteiger partial charge on any atom is 0.410 e. The number of aliphatic hydroxyl groups excluding tert-OH is 1. The van der Waals surface area contributed by atoms with E-state index in [1.807, 2.05) is 19.1 Å². The number of aromatic nitrogens is 1. The highest BCUT2D eigenvalue weighted by Gasteiger charge is 2.60. The molecule has 1 N–H and O–H groups in total. The molecule has 17 heteroatoms. The molecular formula is C35H35N5O10S2. The normalized spacial score (nSPS) is 22.8. The number of hydrogen-bond donors (Lipinski definition) is 1. The second-order valence-electron chi connectivity index (χ2n) is 12.7. The van der Waals surface area contributed by atoms with E-state index in [0.29, 0.717) is 28.2 Å². The van der Waals surface area contributed by atoms with E-state index >= 15 is 0 Å². The first-order chi connectivity index (χ1) is 24.9. The van der Waals surface area contributed by atoms with Crippen molar-refractivity contribution in [3.05, 3.63) is 115 Å². The van der Waals surface area contributed by atoms with Crippen molar-refractivity contribution in [2.24, 2.45) is 11.8 Å². The highest BCUT2D eigenvalue weighted by molar-refractivity contribution is 8.03. The lowest BCUT2D eigenvalue weighted by molar-refractivity contribution is -0.385. The molecule has 1 aromatic heterocycles. The van der Waals surface area contributed by atoms with Gasteiger partial charge in [-0.1, -0.05) is 6.92 Å². The lowest BCUT2D eigenvalue weighted by Gasteiger charge is -2.46. The summed E-state index contributed by atoms with van der Waals surface area (Å²) in [6.45, 7) is 3.48. The van der Waals surface area contributed by atoms with Gasteiger partial charge in [0.25, 0.3) is 11.4 Å². The number of ether oxygens (including phenoxy) is 2. The van der Waals surface area contributed by atoms with E-state index < -0.39 is 40.0 Å². The summed E-state index contributed by atoms with van der Waals surface area (Å²) in [7, 11) is 0. The number of rotatable bonds is 13. The maximum atomic E-state index is 13.7. The molecule has 6 atom stereocenters. The number of hydrogen-bond acceptors (Lipinski definition) is 13. The van der Waals surface area contributed by atoms with Gasteiger partial charge >= 0.3 is 12.1 Å². The molecule has 2 fully saturated rings. The lowest BCUT2D eigenvalue weighted by Crippen LogP contribution is -2.63. The largest absolute Gasteiger partial charge is 0.456 e. The summed E-state index contributed by atoms with van der Waals surface area (Å²) in [5, 5.41) is 32.3. The van der Waals surface area contributed by atoms with E-state index in [-0.39, 0.29) is 59.9 Å². The van der Waals surface area contributed by atoms with Crippen LogP contribution in [-0.2, 0) is 32.3 Å². The van der Waals surface area contributed by atoms with Gasteiger partial charge in [0.05, 0.1) is 27.9 Å². The molecule has 0 aliphatic carbocycles. The Balaban J connectivity index is 1.21. The van der Waals surface area contributed by atoms with E-state index in [1.165, 1.54) is 65.2 Å². The second kappa shape index (κ2) is 15.7. The highest BCUT2D eigenvalue weighted by Crippen LogP contribution is 2.52. The third kappa shape index (κ3) is 7.75. The van der Waals surface area contributed by atoms with Crippen LogP contribution in [0.15, 0.2) is 88.6 Å². The lowest BCUT2D eigenvalue weighted by atomic mass is 9.79. The zero-order valence-electron chi connectivity index (χ0n) is 28.1. The number of nitro benzene ring substituents is 2. The van der Waals surface area contributed by atoms with Crippen LogP contribution < -0.4 is 0 Å². The van der Waals surface area contributed by atoms with E-state index in [4.69, 9.17) is 9.47 Å². The first kappa shape index (κ1) is 36.8. The minimum Gasteiger partial charge on any atom is -0.456 e. The predicted molar refractivity (Wildman–Crippen MR) is 190 cm³/mol. The predicted octanol–water partition coefficient (Wildman–Crippen LogP) is 5.32. The first-order valence-electron chi connectivity index (χ1n) is 16.4. The topological polar surface area (TPSA) is 196 Å². The zero-order chi connectivity index (χ0) is 37.1. The number of benzene rings is 2. The van der Waals surface area contributed by atoms with Gasteiger partial charge in [-0.2, -0.15) is 0 Å². The molecule has 0 saturated carbocycles. The third-order valence-corrected chi connectivity index (χ3v) is 12.0. The molecule has 15 nitrogen and oxygen atoms in total. The van der Waals surface area contributed by atoms with Crippen LogP contribution in [0, 0.1) is 32.1 Å². The van der Waals surface area contributed by atoms with Gasteiger partial charge in [-0.25, -0.2) is 9.59 Å². The molecule has 3 aliphatic rings. The van der Waals surface area contributed by atoms with Crippen LogP contribution in [0.3, 0.4) is 0 Å². The van der Waals surface area contributed by atoms with Crippen LogP contribution in [0.1, 0.15) is 31.4 Å². The van der Waals surface area contributed by atoms with Crippen LogP contribution in [0.25, 0.3) is 0 Å². The van der Waals surface area contributed by atoms with Crippen molar-refractivity contribution in [1.82, 2.24) is 14.8 Å². The van der Waals surface area contributed by atoms with Crippen molar-refractivity contribution < 1.29 is 38.8 Å². The summed E-state index contributed by atoms with van der Waals surface area (Å²) in [6.07, 6.45) is 2.45. The Morgan fingerprint density at radius 3 is 2.10 bits per heavy atom. The Morgan fingerprint density at radius 1 is 0.962 bits per heavy atom. The molecule has 0 radical (unpaired) electrons. The van der Waals surface area contributed by atoms with Gasteiger partial charge in [0.15, 0.2) is 0 Å². The number of nitro groups is 2. The van der Waals surface area contributed by atoms with Crippen LogP contribution in [0.2, 0.25) is 0 Å². The fraction of sp³-hybridized carbons (Fsp3) is 0.371. The molecule has 0 unspecified atom stereocenters. The maximum absolute atomic E-state index is 13.7. The average molecular weight is 750 g/mol. The van der Waals surface area contributed by atoms with E-state index in [9.17, 15) is 39.7 Å². The number of non-ortho nitro benzene ring substituents is 2. The number of thioether (sulfide) groups is 2. The third-order valence-electron chi connectivity index (χ3n) is 9.32. The monoisotopic (exact) mass is 749 g/mol. The van der Waals surface area contributed by atoms with Gasteiger partial charge in [0.2, 0.25) is 5.91 Å². The Hall–Kier alpha value is -5.00. The quantitative estimate of drug-likeness (QED) is 0.0777. The molecule has 52 heavy (non-hydrogen) atoms. The molecule has 0 spiro atoms. The summed E-state index contributed by atoms with van der Waals surface area (Å²) in [5.41, 5.74) is 1.06. The van der Waals surface area contributed by atoms with Gasteiger partial charge in [-0.3, -0.25) is 30.0 Å². The number of pyridine rings is 1. The number of β-lactam (4-membered cyclic amide) rings is 1. The summed E-state index contributed by atoms with van der Waals surface area (Å²) in [5.74, 6) is -1.56. The summed E-state index contributed by atoms with van der Waals surface area (Å²) in [6, 6.07) is 14.4. The summed E-state index contributed by atoms with van der Waals surface area (Å²) >= 11 is 2.97. The van der Waals surface area contributed by atoms with Gasteiger partial charge in [0, 0.05) is 76.0 Å². The van der Waals surface area contributed by atoms with Crippen molar-refractivity contribution in [3.8, 4) is 0 Å². The Morgan fingerprint density at radius 2 is 1.54 bits per heavy atom. The SMILES string of the molecule is C[C@@H](O)[C@H]1C(=O)N2C(C(=O)OCc3ccc([N+](=O)[O-])cc3)=C(S[C@H]3C[C@@H](CSc4ccncc4)N(C(=O)OCc4ccc([N+](=O)[O-])cc4)C3)[C@H](C)[C@H]12. The fourth-order valence-electron chi connectivity index (χ4n) is 6.69. The number of carbonyl (C=O) groups is 3. The van der Waals surface area contributed by atoms with Crippen molar-refractivity contribution >= 4 is 52.9 Å². The number of aliphatic hydroxyl groups is 1. The van der Waals surface area contributed by atoms with Crippen LogP contribution >= 0.6 is 23.5 Å². The fourth-order valence-corrected chi connectivity index (χ4v) is 9.26. The minimum atomic E-state index is -0.931. The van der Waals surface area contributed by atoms with Crippen LogP contribution in [0.5, 0.6) is 0 Å².